The molecule has 2 aromatic rings. The molecule has 4 rings (SSSR count). The number of furan rings is 1. The van der Waals surface area contributed by atoms with Gasteiger partial charge in [0.1, 0.15) is 19.0 Å². The van der Waals surface area contributed by atoms with E-state index in [0.717, 1.165) is 22.2 Å². The number of carbonyl (C=O) groups is 2. The van der Waals surface area contributed by atoms with Crippen LogP contribution >= 0.6 is 11.8 Å². The first kappa shape index (κ1) is 20.7. The lowest BCUT2D eigenvalue weighted by molar-refractivity contribution is -0.135. The highest BCUT2D eigenvalue weighted by atomic mass is 32.2. The molecule has 0 atom stereocenters. The summed E-state index contributed by atoms with van der Waals surface area (Å²) in [5.41, 5.74) is 0. The molecule has 1 saturated heterocycles. The third-order valence-corrected chi connectivity index (χ3v) is 6.33. The third-order valence-electron chi connectivity index (χ3n) is 5.33. The van der Waals surface area contributed by atoms with Gasteiger partial charge in [-0.05, 0) is 43.2 Å². The molecule has 1 N–H and O–H groups in total. The van der Waals surface area contributed by atoms with Gasteiger partial charge in [-0.15, -0.1) is 11.8 Å². The minimum atomic E-state index is -0.0453. The average Bonchev–Trinajstić information content (AvgIpc) is 3.31. The average molecular weight is 431 g/mol. The van der Waals surface area contributed by atoms with Crippen LogP contribution in [-0.4, -0.2) is 48.8 Å². The van der Waals surface area contributed by atoms with E-state index in [1.54, 1.807) is 24.1 Å². The molecule has 30 heavy (non-hydrogen) atoms. The van der Waals surface area contributed by atoms with E-state index >= 15 is 0 Å². The van der Waals surface area contributed by atoms with Gasteiger partial charge in [-0.2, -0.15) is 0 Å². The number of nitrogens with zero attached hydrogens (tertiary/aromatic N) is 1. The van der Waals surface area contributed by atoms with Crippen LogP contribution in [0.5, 0.6) is 11.5 Å². The van der Waals surface area contributed by atoms with Crippen molar-refractivity contribution < 1.29 is 23.5 Å². The van der Waals surface area contributed by atoms with Gasteiger partial charge in [0, 0.05) is 36.1 Å². The van der Waals surface area contributed by atoms with Gasteiger partial charge in [0.2, 0.25) is 11.8 Å². The van der Waals surface area contributed by atoms with Crippen LogP contribution in [0.4, 0.5) is 0 Å². The first-order valence-corrected chi connectivity index (χ1v) is 11.3. The smallest absolute Gasteiger partial charge is 0.223 e. The summed E-state index contributed by atoms with van der Waals surface area (Å²) in [5.74, 6) is 3.13. The second-order valence-corrected chi connectivity index (χ2v) is 8.52. The molecule has 3 heterocycles. The van der Waals surface area contributed by atoms with E-state index in [4.69, 9.17) is 13.9 Å². The minimum absolute atomic E-state index is 0.0349. The summed E-state index contributed by atoms with van der Waals surface area (Å²) in [7, 11) is 0. The van der Waals surface area contributed by atoms with E-state index in [0.29, 0.717) is 57.9 Å². The van der Waals surface area contributed by atoms with Gasteiger partial charge in [0.25, 0.3) is 0 Å². The summed E-state index contributed by atoms with van der Waals surface area (Å²) in [6.07, 6.45) is 3.47. The molecule has 0 radical (unpaired) electrons. The lowest BCUT2D eigenvalue weighted by Gasteiger charge is -2.31. The highest BCUT2D eigenvalue weighted by molar-refractivity contribution is 7.99. The maximum atomic E-state index is 12.5. The number of nitrogens with one attached hydrogen (secondary N) is 1. The number of piperidine rings is 1. The van der Waals surface area contributed by atoms with Crippen LogP contribution in [0.25, 0.3) is 0 Å². The number of thioether (sulfide) groups is 1. The fraction of sp³-hybridized carbons (Fsp3) is 0.455. The van der Waals surface area contributed by atoms with Crippen molar-refractivity contribution in [3.63, 3.8) is 0 Å². The Morgan fingerprint density at radius 3 is 2.67 bits per heavy atom. The van der Waals surface area contributed by atoms with Gasteiger partial charge in [0.05, 0.1) is 12.8 Å². The van der Waals surface area contributed by atoms with E-state index in [1.165, 1.54) is 0 Å². The Labute approximate surface area is 180 Å². The zero-order valence-corrected chi connectivity index (χ0v) is 17.6. The Hall–Kier alpha value is -2.61. The Balaban J connectivity index is 1.16. The van der Waals surface area contributed by atoms with Crippen LogP contribution in [0.1, 0.15) is 25.0 Å². The van der Waals surface area contributed by atoms with Gasteiger partial charge in [-0.25, -0.2) is 0 Å². The summed E-state index contributed by atoms with van der Waals surface area (Å²) in [4.78, 5) is 27.8. The number of fused-ring (bicyclic) bond motifs is 1. The van der Waals surface area contributed by atoms with Crippen molar-refractivity contribution in [2.45, 2.75) is 30.7 Å². The van der Waals surface area contributed by atoms with E-state index in [1.807, 2.05) is 29.2 Å². The first-order valence-electron chi connectivity index (χ1n) is 10.3. The number of amides is 2. The summed E-state index contributed by atoms with van der Waals surface area (Å²) < 4.78 is 16.4. The number of hydrogen-bond acceptors (Lipinski definition) is 6. The maximum absolute atomic E-state index is 12.5. The molecular formula is C22H26N2O5S. The fourth-order valence-corrected chi connectivity index (χ4v) is 4.52. The van der Waals surface area contributed by atoms with E-state index < -0.39 is 0 Å². The summed E-state index contributed by atoms with van der Waals surface area (Å²) >= 11 is 1.64. The summed E-state index contributed by atoms with van der Waals surface area (Å²) in [5, 5.41) is 2.91. The van der Waals surface area contributed by atoms with Gasteiger partial charge in [-0.1, -0.05) is 0 Å². The van der Waals surface area contributed by atoms with Crippen LogP contribution < -0.4 is 14.8 Å². The van der Waals surface area contributed by atoms with E-state index in [-0.39, 0.29) is 17.7 Å². The van der Waals surface area contributed by atoms with Crippen LogP contribution in [0.2, 0.25) is 0 Å². The van der Waals surface area contributed by atoms with Crippen molar-refractivity contribution in [1.82, 2.24) is 10.2 Å². The Kier molecular flexibility index (Phi) is 6.84. The lowest BCUT2D eigenvalue weighted by atomic mass is 9.95. The number of likely N-dealkylation sites (tertiary alicyclic amines) is 1. The molecule has 1 fully saturated rings. The van der Waals surface area contributed by atoms with Crippen molar-refractivity contribution in [1.29, 1.82) is 0 Å². The Bertz CT molecular complexity index is 862. The largest absolute Gasteiger partial charge is 0.486 e. The SMILES string of the molecule is O=C(NCc1ccco1)C1CCN(C(=O)CCSc2ccc3c(c2)OCCO3)CC1. The molecule has 0 saturated carbocycles. The van der Waals surface area contributed by atoms with Gasteiger partial charge in [0.15, 0.2) is 11.5 Å². The molecular weight excluding hydrogens is 404 g/mol. The molecule has 0 bridgehead atoms. The highest BCUT2D eigenvalue weighted by Crippen LogP contribution is 2.34. The number of carbonyl (C=O) groups excluding carboxylic acids is 2. The molecule has 2 aliphatic rings. The number of ether oxygens (including phenoxy) is 2. The molecule has 2 aliphatic heterocycles. The zero-order valence-electron chi connectivity index (χ0n) is 16.8. The van der Waals surface area contributed by atoms with Crippen molar-refractivity contribution in [2.75, 3.05) is 32.1 Å². The van der Waals surface area contributed by atoms with Crippen LogP contribution in [0, 0.1) is 5.92 Å². The fourth-order valence-electron chi connectivity index (χ4n) is 3.65. The second kappa shape index (κ2) is 9.93. The topological polar surface area (TPSA) is 81.0 Å². The minimum Gasteiger partial charge on any atom is -0.486 e. The third kappa shape index (κ3) is 5.30. The van der Waals surface area contributed by atoms with Crippen molar-refractivity contribution >= 4 is 23.6 Å². The quantitative estimate of drug-likeness (QED) is 0.680. The Morgan fingerprint density at radius 2 is 1.90 bits per heavy atom. The summed E-state index contributed by atoms with van der Waals surface area (Å²) in [6.45, 7) is 2.81. The number of rotatable bonds is 7. The van der Waals surface area contributed by atoms with Gasteiger partial charge in [-0.3, -0.25) is 9.59 Å². The van der Waals surface area contributed by atoms with Crippen molar-refractivity contribution in [3.8, 4) is 11.5 Å². The molecule has 1 aromatic carbocycles. The van der Waals surface area contributed by atoms with E-state index in [9.17, 15) is 9.59 Å². The predicted molar refractivity (Wildman–Crippen MR) is 113 cm³/mol. The van der Waals surface area contributed by atoms with Crippen molar-refractivity contribution in [3.05, 3.63) is 42.4 Å². The van der Waals surface area contributed by atoms with Crippen molar-refractivity contribution in [2.24, 2.45) is 5.92 Å². The van der Waals surface area contributed by atoms with Gasteiger partial charge >= 0.3 is 0 Å². The van der Waals surface area contributed by atoms with E-state index in [2.05, 4.69) is 5.32 Å². The molecule has 7 nitrogen and oxygen atoms in total. The molecule has 2 amide bonds. The molecule has 0 spiro atoms. The molecule has 0 aliphatic carbocycles. The van der Waals surface area contributed by atoms with Crippen LogP contribution in [0.3, 0.4) is 0 Å². The lowest BCUT2D eigenvalue weighted by Crippen LogP contribution is -2.43. The first-order chi connectivity index (χ1) is 14.7. The standard InChI is InChI=1S/C22H26N2O5S/c25-21(7-13-30-18-3-4-19-20(14-18)29-12-11-28-19)24-8-5-16(6-9-24)22(26)23-15-17-2-1-10-27-17/h1-4,10,14,16H,5-9,11-13,15H2,(H,23,26). The monoisotopic (exact) mass is 430 g/mol. The molecule has 160 valence electrons. The Morgan fingerprint density at radius 1 is 1.10 bits per heavy atom. The van der Waals surface area contributed by atoms with Crippen LogP contribution in [0.15, 0.2) is 45.9 Å². The van der Waals surface area contributed by atoms with Crippen LogP contribution in [-0.2, 0) is 16.1 Å². The second-order valence-electron chi connectivity index (χ2n) is 7.36. The molecule has 8 heteroatoms. The maximum Gasteiger partial charge on any atom is 0.223 e. The summed E-state index contributed by atoms with van der Waals surface area (Å²) in [6, 6.07) is 9.52. The van der Waals surface area contributed by atoms with Gasteiger partial charge < -0.3 is 24.1 Å². The number of hydrogen-bond donors (Lipinski definition) is 1. The highest BCUT2D eigenvalue weighted by Gasteiger charge is 2.27. The normalized spacial score (nSPS) is 16.3. The molecule has 1 aromatic heterocycles. The zero-order chi connectivity index (χ0) is 20.8. The predicted octanol–water partition coefficient (Wildman–Crippen LogP) is 3.09. The molecule has 0 unspecified atom stereocenters. The number of benzene rings is 1.